The van der Waals surface area contributed by atoms with Gasteiger partial charge in [0.05, 0.1) is 0 Å². The molecule has 2 rings (SSSR count). The Morgan fingerprint density at radius 3 is 2.79 bits per heavy atom. The number of nitrogens with one attached hydrogen (secondary N) is 1. The highest BCUT2D eigenvalue weighted by Crippen LogP contribution is 2.25. The zero-order chi connectivity index (χ0) is 9.97. The maximum atomic E-state index is 11.2. The molecule has 0 spiro atoms. The van der Waals surface area contributed by atoms with Crippen LogP contribution in [0, 0.1) is 5.92 Å². The van der Waals surface area contributed by atoms with E-state index < -0.39 is 0 Å². The number of fused-ring (bicyclic) bond motifs is 1. The van der Waals surface area contributed by atoms with E-state index in [4.69, 9.17) is 5.21 Å². The summed E-state index contributed by atoms with van der Waals surface area (Å²) in [5, 5.41) is 8.54. The van der Waals surface area contributed by atoms with Crippen LogP contribution in [-0.4, -0.2) is 11.1 Å². The highest BCUT2D eigenvalue weighted by molar-refractivity contribution is 5.78. The predicted octanol–water partition coefficient (Wildman–Crippen LogP) is 1.30. The van der Waals surface area contributed by atoms with Gasteiger partial charge in [0.1, 0.15) is 0 Å². The van der Waals surface area contributed by atoms with E-state index in [-0.39, 0.29) is 11.8 Å². The molecule has 1 unspecified atom stereocenters. The van der Waals surface area contributed by atoms with Crippen molar-refractivity contribution in [2.24, 2.45) is 5.92 Å². The second kappa shape index (κ2) is 3.80. The van der Waals surface area contributed by atoms with Gasteiger partial charge >= 0.3 is 0 Å². The third-order valence-electron chi connectivity index (χ3n) is 2.83. The molecule has 0 aliphatic heterocycles. The first-order chi connectivity index (χ1) is 6.81. The van der Waals surface area contributed by atoms with Gasteiger partial charge in [-0.25, -0.2) is 5.48 Å². The van der Waals surface area contributed by atoms with Gasteiger partial charge in [0.15, 0.2) is 0 Å². The Kier molecular flexibility index (Phi) is 2.50. The fraction of sp³-hybridized carbons (Fsp3) is 0.364. The molecule has 0 heterocycles. The number of rotatable bonds is 1. The number of hydrogen-bond donors (Lipinski definition) is 2. The molecule has 1 aliphatic carbocycles. The van der Waals surface area contributed by atoms with Gasteiger partial charge in [0, 0.05) is 5.92 Å². The van der Waals surface area contributed by atoms with Crippen molar-refractivity contribution in [1.29, 1.82) is 0 Å². The molecule has 2 N–H and O–H groups in total. The molecule has 3 heteroatoms. The van der Waals surface area contributed by atoms with E-state index in [1.807, 2.05) is 18.2 Å². The molecule has 1 amide bonds. The molecule has 0 aromatic heterocycles. The summed E-state index contributed by atoms with van der Waals surface area (Å²) in [4.78, 5) is 11.2. The monoisotopic (exact) mass is 191 g/mol. The normalized spacial score (nSPS) is 19.9. The average Bonchev–Trinajstić information content (AvgIpc) is 2.27. The van der Waals surface area contributed by atoms with E-state index in [1.54, 1.807) is 5.48 Å². The van der Waals surface area contributed by atoms with E-state index in [1.165, 1.54) is 11.1 Å². The van der Waals surface area contributed by atoms with Crippen molar-refractivity contribution in [2.75, 3.05) is 0 Å². The number of hydroxylamine groups is 1. The summed E-state index contributed by atoms with van der Waals surface area (Å²) in [6, 6.07) is 8.15. The van der Waals surface area contributed by atoms with Gasteiger partial charge in [-0.3, -0.25) is 10.0 Å². The SMILES string of the molecule is O=C(NO)C1CCc2ccccc2C1. The summed E-state index contributed by atoms with van der Waals surface area (Å²) in [5.41, 5.74) is 4.28. The first kappa shape index (κ1) is 9.21. The minimum Gasteiger partial charge on any atom is -0.289 e. The van der Waals surface area contributed by atoms with Gasteiger partial charge in [-0.15, -0.1) is 0 Å². The standard InChI is InChI=1S/C11H13NO2/c13-11(12-14)10-6-5-8-3-1-2-4-9(8)7-10/h1-4,10,14H,5-7H2,(H,12,13). The smallest absolute Gasteiger partial charge is 0.246 e. The molecular weight excluding hydrogens is 178 g/mol. The lowest BCUT2D eigenvalue weighted by Crippen LogP contribution is -2.31. The molecule has 14 heavy (non-hydrogen) atoms. The lowest BCUT2D eigenvalue weighted by atomic mass is 9.83. The maximum Gasteiger partial charge on any atom is 0.246 e. The number of carbonyl (C=O) groups excluding carboxylic acids is 1. The second-order valence-corrected chi connectivity index (χ2v) is 3.68. The van der Waals surface area contributed by atoms with Gasteiger partial charge in [0.25, 0.3) is 0 Å². The summed E-state index contributed by atoms with van der Waals surface area (Å²) < 4.78 is 0. The molecular formula is C11H13NO2. The van der Waals surface area contributed by atoms with Gasteiger partial charge in [-0.05, 0) is 30.4 Å². The number of amides is 1. The Hall–Kier alpha value is -1.35. The number of aryl methyl sites for hydroxylation is 1. The van der Waals surface area contributed by atoms with Crippen LogP contribution in [0.3, 0.4) is 0 Å². The van der Waals surface area contributed by atoms with Crippen LogP contribution < -0.4 is 5.48 Å². The highest BCUT2D eigenvalue weighted by Gasteiger charge is 2.23. The van der Waals surface area contributed by atoms with E-state index in [0.717, 1.165) is 19.3 Å². The highest BCUT2D eigenvalue weighted by atomic mass is 16.5. The minimum absolute atomic E-state index is 0.0742. The quantitative estimate of drug-likeness (QED) is 0.519. The van der Waals surface area contributed by atoms with Gasteiger partial charge in [0.2, 0.25) is 5.91 Å². The molecule has 0 saturated carbocycles. The molecule has 1 aromatic rings. The van der Waals surface area contributed by atoms with E-state index in [9.17, 15) is 4.79 Å². The van der Waals surface area contributed by atoms with Crippen LogP contribution in [0.4, 0.5) is 0 Å². The van der Waals surface area contributed by atoms with E-state index >= 15 is 0 Å². The second-order valence-electron chi connectivity index (χ2n) is 3.68. The lowest BCUT2D eigenvalue weighted by molar-refractivity contribution is -0.133. The van der Waals surface area contributed by atoms with Crippen LogP contribution in [0.2, 0.25) is 0 Å². The lowest BCUT2D eigenvalue weighted by Gasteiger charge is -2.22. The molecule has 74 valence electrons. The first-order valence-electron chi connectivity index (χ1n) is 4.82. The van der Waals surface area contributed by atoms with Gasteiger partial charge in [-0.1, -0.05) is 24.3 Å². The van der Waals surface area contributed by atoms with Crippen molar-refractivity contribution in [2.45, 2.75) is 19.3 Å². The molecule has 1 aromatic carbocycles. The fourth-order valence-electron chi connectivity index (χ4n) is 2.01. The van der Waals surface area contributed by atoms with E-state index in [0.29, 0.717) is 0 Å². The Bertz CT molecular complexity index is 349. The zero-order valence-electron chi connectivity index (χ0n) is 7.86. The molecule has 0 radical (unpaired) electrons. The van der Waals surface area contributed by atoms with Crippen molar-refractivity contribution < 1.29 is 10.0 Å². The van der Waals surface area contributed by atoms with Crippen molar-refractivity contribution in [3.63, 3.8) is 0 Å². The predicted molar refractivity (Wildman–Crippen MR) is 51.9 cm³/mol. The molecule has 0 bridgehead atoms. The summed E-state index contributed by atoms with van der Waals surface area (Å²) in [6.07, 6.45) is 2.49. The Balaban J connectivity index is 2.17. The summed E-state index contributed by atoms with van der Waals surface area (Å²) >= 11 is 0. The summed E-state index contributed by atoms with van der Waals surface area (Å²) in [7, 11) is 0. The Labute approximate surface area is 82.7 Å². The van der Waals surface area contributed by atoms with Crippen molar-refractivity contribution in [1.82, 2.24) is 5.48 Å². The van der Waals surface area contributed by atoms with Crippen LogP contribution in [-0.2, 0) is 17.6 Å². The zero-order valence-corrected chi connectivity index (χ0v) is 7.86. The van der Waals surface area contributed by atoms with Crippen molar-refractivity contribution in [3.05, 3.63) is 35.4 Å². The molecule has 1 aliphatic rings. The number of carbonyl (C=O) groups is 1. The molecule has 3 nitrogen and oxygen atoms in total. The fourth-order valence-corrected chi connectivity index (χ4v) is 2.01. The Morgan fingerprint density at radius 2 is 2.07 bits per heavy atom. The third-order valence-corrected chi connectivity index (χ3v) is 2.83. The topological polar surface area (TPSA) is 49.3 Å². The largest absolute Gasteiger partial charge is 0.289 e. The van der Waals surface area contributed by atoms with Crippen LogP contribution in [0.5, 0.6) is 0 Å². The molecule has 0 fully saturated rings. The molecule has 0 saturated heterocycles. The number of benzene rings is 1. The average molecular weight is 191 g/mol. The maximum absolute atomic E-state index is 11.2. The van der Waals surface area contributed by atoms with Gasteiger partial charge in [-0.2, -0.15) is 0 Å². The van der Waals surface area contributed by atoms with Crippen LogP contribution in [0.15, 0.2) is 24.3 Å². The summed E-state index contributed by atoms with van der Waals surface area (Å²) in [5.74, 6) is -0.339. The number of hydrogen-bond acceptors (Lipinski definition) is 2. The van der Waals surface area contributed by atoms with Crippen molar-refractivity contribution in [3.8, 4) is 0 Å². The van der Waals surface area contributed by atoms with Crippen molar-refractivity contribution >= 4 is 5.91 Å². The van der Waals surface area contributed by atoms with Crippen LogP contribution in [0.1, 0.15) is 17.5 Å². The van der Waals surface area contributed by atoms with E-state index in [2.05, 4.69) is 6.07 Å². The minimum atomic E-state index is -0.264. The summed E-state index contributed by atoms with van der Waals surface area (Å²) in [6.45, 7) is 0. The Morgan fingerprint density at radius 1 is 1.36 bits per heavy atom. The first-order valence-corrected chi connectivity index (χ1v) is 4.82. The van der Waals surface area contributed by atoms with Crippen LogP contribution in [0.25, 0.3) is 0 Å². The van der Waals surface area contributed by atoms with Gasteiger partial charge < -0.3 is 0 Å². The molecule has 1 atom stereocenters. The van der Waals surface area contributed by atoms with Crippen LogP contribution >= 0.6 is 0 Å². The third kappa shape index (κ3) is 1.63.